The number of ether oxygens (including phenoxy) is 9. The molecule has 0 unspecified atom stereocenters. The Morgan fingerprint density at radius 3 is 1.64 bits per heavy atom. The van der Waals surface area contributed by atoms with Gasteiger partial charge in [0.2, 0.25) is 15.9 Å². The van der Waals surface area contributed by atoms with E-state index >= 15 is 0 Å². The number of aliphatic imine (C=N–C) groups is 1. The van der Waals surface area contributed by atoms with Crippen LogP contribution in [-0.4, -0.2) is 145 Å². The van der Waals surface area contributed by atoms with Gasteiger partial charge in [0.15, 0.2) is 23.3 Å². The number of hydrogen-bond donors (Lipinski definition) is 4. The second-order valence-electron chi connectivity index (χ2n) is 12.0. The molecule has 0 atom stereocenters. The van der Waals surface area contributed by atoms with Crippen molar-refractivity contribution in [2.24, 2.45) is 16.5 Å². The largest absolute Gasteiger partial charge is 0.451 e. The molecule has 0 aliphatic rings. The second-order valence-corrected chi connectivity index (χ2v) is 13.8. The Kier molecular flexibility index (Phi) is 26.6. The first-order valence-electron chi connectivity index (χ1n) is 18.9. The summed E-state index contributed by atoms with van der Waals surface area (Å²) in [4.78, 5) is 27.0. The molecule has 0 fully saturated rings. The number of sulfonamides is 1. The average Bonchev–Trinajstić information content (AvgIpc) is 3.19. The van der Waals surface area contributed by atoms with Gasteiger partial charge in [-0.25, -0.2) is 21.9 Å². The smallest absolute Gasteiger partial charge is 0.275 e. The van der Waals surface area contributed by atoms with Gasteiger partial charge in [-0.3, -0.25) is 9.59 Å². The molecule has 0 saturated heterocycles. The molecule has 59 heavy (non-hydrogen) atoms. The third kappa shape index (κ3) is 23.9. The number of halogens is 2. The summed E-state index contributed by atoms with van der Waals surface area (Å²) in [5.74, 6) is -4.24. The topological polar surface area (TPSA) is 240 Å². The van der Waals surface area contributed by atoms with Crippen molar-refractivity contribution in [3.63, 3.8) is 0 Å². The average molecular weight is 862 g/mol. The minimum atomic E-state index is -3.92. The van der Waals surface area contributed by atoms with Crippen LogP contribution >= 0.6 is 0 Å². The molecule has 2 aromatic carbocycles. The lowest BCUT2D eigenvalue weighted by atomic mass is 10.1. The molecule has 0 aliphatic carbocycles. The van der Waals surface area contributed by atoms with Crippen LogP contribution in [0, 0.1) is 11.6 Å². The predicted octanol–water partition coefficient (Wildman–Crippen LogP) is 1.90. The molecule has 18 nitrogen and oxygen atoms in total. The van der Waals surface area contributed by atoms with E-state index < -0.39 is 39.3 Å². The van der Waals surface area contributed by atoms with E-state index in [1.807, 2.05) is 6.92 Å². The Morgan fingerprint density at radius 1 is 0.695 bits per heavy atom. The summed E-state index contributed by atoms with van der Waals surface area (Å²) >= 11 is 0. The minimum Gasteiger partial charge on any atom is -0.451 e. The summed E-state index contributed by atoms with van der Waals surface area (Å²) in [5.41, 5.74) is 10.4. The Hall–Kier alpha value is -4.16. The highest BCUT2D eigenvalue weighted by Gasteiger charge is 2.17. The molecule has 2 amide bonds. The SMILES string of the molecule is CCOCCOCCOCCOCCOCCC(=O)NCCOCCOCCOCCNS(=O)(=O)c1ccc(Oc2c(F)cc(/C=C(\C)C(=O)N=C(N)N)cc2F)cc1. The van der Waals surface area contributed by atoms with Crippen molar-refractivity contribution < 1.29 is 69.4 Å². The Morgan fingerprint density at radius 2 is 1.15 bits per heavy atom. The van der Waals surface area contributed by atoms with Gasteiger partial charge in [-0.05, 0) is 61.9 Å². The van der Waals surface area contributed by atoms with Gasteiger partial charge in [0.1, 0.15) is 5.75 Å². The molecule has 0 radical (unpaired) electrons. The third-order valence-corrected chi connectivity index (χ3v) is 8.82. The quantitative estimate of drug-likeness (QED) is 0.0340. The molecule has 21 heteroatoms. The molecule has 0 spiro atoms. The maximum absolute atomic E-state index is 14.7. The zero-order chi connectivity index (χ0) is 43.1. The van der Waals surface area contributed by atoms with Crippen molar-refractivity contribution in [3.8, 4) is 11.5 Å². The Balaban J connectivity index is 1.46. The van der Waals surface area contributed by atoms with Crippen LogP contribution in [0.25, 0.3) is 6.08 Å². The van der Waals surface area contributed by atoms with Crippen LogP contribution < -0.4 is 26.2 Å². The van der Waals surface area contributed by atoms with Crippen LogP contribution in [0.2, 0.25) is 0 Å². The number of hydrogen-bond acceptors (Lipinski definition) is 13. The number of nitrogens with zero attached hydrogens (tertiary/aromatic N) is 1. The summed E-state index contributed by atoms with van der Waals surface area (Å²) < 4.78 is 105. The second kappa shape index (κ2) is 30.8. The van der Waals surface area contributed by atoms with E-state index in [1.165, 1.54) is 37.3 Å². The molecular formula is C38H57F2N5O13S. The van der Waals surface area contributed by atoms with Gasteiger partial charge in [-0.2, -0.15) is 4.99 Å². The Bertz CT molecular complexity index is 1660. The number of carbonyl (C=O) groups is 2. The summed E-state index contributed by atoms with van der Waals surface area (Å²) in [7, 11) is -3.92. The van der Waals surface area contributed by atoms with E-state index in [4.69, 9.17) is 54.1 Å². The van der Waals surface area contributed by atoms with Gasteiger partial charge >= 0.3 is 0 Å². The van der Waals surface area contributed by atoms with E-state index in [0.717, 1.165) is 12.1 Å². The van der Waals surface area contributed by atoms with E-state index in [-0.39, 0.29) is 67.1 Å². The Labute approximate surface area is 343 Å². The predicted molar refractivity (Wildman–Crippen MR) is 212 cm³/mol. The van der Waals surface area contributed by atoms with Crippen LogP contribution in [0.3, 0.4) is 0 Å². The van der Waals surface area contributed by atoms with Gasteiger partial charge in [0, 0.05) is 31.7 Å². The summed E-state index contributed by atoms with van der Waals surface area (Å²) in [6.07, 6.45) is 1.42. The fourth-order valence-corrected chi connectivity index (χ4v) is 5.51. The van der Waals surface area contributed by atoms with Crippen LogP contribution in [-0.2, 0) is 57.5 Å². The van der Waals surface area contributed by atoms with Gasteiger partial charge in [-0.1, -0.05) is 0 Å². The van der Waals surface area contributed by atoms with Crippen LogP contribution in [0.5, 0.6) is 11.5 Å². The van der Waals surface area contributed by atoms with E-state index in [0.29, 0.717) is 85.8 Å². The fourth-order valence-electron chi connectivity index (χ4n) is 4.50. The zero-order valence-corrected chi connectivity index (χ0v) is 34.4. The van der Waals surface area contributed by atoms with Crippen molar-refractivity contribution in [1.29, 1.82) is 0 Å². The van der Waals surface area contributed by atoms with Gasteiger partial charge in [0.25, 0.3) is 5.91 Å². The first kappa shape index (κ1) is 51.0. The number of nitrogens with one attached hydrogen (secondary N) is 2. The standard InChI is InChI=1S/C38H57F2N5O13S/c1-3-50-14-15-54-22-23-57-25-24-55-19-16-51-11-8-35(46)43-9-12-52-17-20-56-21-18-53-13-10-44-59(48,49)32-6-4-31(5-7-32)58-36-33(39)27-30(28-34(36)40)26-29(2)37(47)45-38(41)42/h4-7,26-28,44H,3,8-25H2,1-2H3,(H,43,46)(H4,41,42,45,47)/b29-26+. The molecule has 2 rings (SSSR count). The number of carbonyl (C=O) groups excluding carboxylic acids is 2. The molecule has 6 N–H and O–H groups in total. The highest BCUT2D eigenvalue weighted by molar-refractivity contribution is 7.89. The van der Waals surface area contributed by atoms with Crippen molar-refractivity contribution in [3.05, 3.63) is 59.2 Å². The first-order valence-corrected chi connectivity index (χ1v) is 20.4. The lowest BCUT2D eigenvalue weighted by Crippen LogP contribution is -2.28. The lowest BCUT2D eigenvalue weighted by molar-refractivity contribution is -0.122. The molecule has 0 aliphatic heterocycles. The van der Waals surface area contributed by atoms with Crippen LogP contribution in [0.4, 0.5) is 8.78 Å². The van der Waals surface area contributed by atoms with Gasteiger partial charge in [-0.15, -0.1) is 0 Å². The number of guanidine groups is 1. The van der Waals surface area contributed by atoms with Gasteiger partial charge < -0.3 is 59.4 Å². The number of rotatable bonds is 34. The molecule has 332 valence electrons. The zero-order valence-electron chi connectivity index (χ0n) is 33.5. The monoisotopic (exact) mass is 861 g/mol. The number of benzene rings is 2. The highest BCUT2D eigenvalue weighted by Crippen LogP contribution is 2.30. The van der Waals surface area contributed by atoms with Crippen molar-refractivity contribution in [1.82, 2.24) is 10.0 Å². The fraction of sp³-hybridized carbons (Fsp3) is 0.553. The molecule has 2 aromatic rings. The maximum Gasteiger partial charge on any atom is 0.275 e. The normalized spacial score (nSPS) is 11.8. The first-order chi connectivity index (χ1) is 28.4. The lowest BCUT2D eigenvalue weighted by Gasteiger charge is -2.11. The molecule has 0 saturated carbocycles. The summed E-state index contributed by atoms with van der Waals surface area (Å²) in [6, 6.07) is 6.82. The van der Waals surface area contributed by atoms with Crippen LogP contribution in [0.1, 0.15) is 25.8 Å². The van der Waals surface area contributed by atoms with Crippen LogP contribution in [0.15, 0.2) is 51.9 Å². The number of amides is 2. The summed E-state index contributed by atoms with van der Waals surface area (Å²) in [6.45, 7) is 9.90. The van der Waals surface area contributed by atoms with Crippen molar-refractivity contribution in [2.75, 3.05) is 119 Å². The molecular weight excluding hydrogens is 805 g/mol. The molecule has 0 bridgehead atoms. The van der Waals surface area contributed by atoms with E-state index in [2.05, 4.69) is 15.0 Å². The summed E-state index contributed by atoms with van der Waals surface area (Å²) in [5, 5.41) is 2.75. The van der Waals surface area contributed by atoms with Crippen molar-refractivity contribution in [2.45, 2.75) is 25.2 Å². The van der Waals surface area contributed by atoms with E-state index in [1.54, 1.807) is 0 Å². The third-order valence-electron chi connectivity index (χ3n) is 7.34. The highest BCUT2D eigenvalue weighted by atomic mass is 32.2. The number of nitrogens with two attached hydrogens (primary N) is 2. The molecule has 0 aromatic heterocycles. The maximum atomic E-state index is 14.7. The molecule has 0 heterocycles. The van der Waals surface area contributed by atoms with Gasteiger partial charge in [0.05, 0.1) is 104 Å². The minimum absolute atomic E-state index is 0.0202. The van der Waals surface area contributed by atoms with Crippen molar-refractivity contribution >= 4 is 33.9 Å². The van der Waals surface area contributed by atoms with E-state index in [9.17, 15) is 26.8 Å².